The molecule has 1 aromatic rings. The number of nitrogens with zero attached hydrogens (tertiary/aromatic N) is 1. The van der Waals surface area contributed by atoms with E-state index in [-0.39, 0.29) is 13.2 Å². The summed E-state index contributed by atoms with van der Waals surface area (Å²) in [5.74, 6) is -1.66. The number of amides is 2. The second-order valence-corrected chi connectivity index (χ2v) is 4.72. The maximum Gasteiger partial charge on any atom is 0.315 e. The van der Waals surface area contributed by atoms with Crippen molar-refractivity contribution in [3.05, 3.63) is 29.6 Å². The fraction of sp³-hybridized carbons (Fsp3) is 0.462. The molecule has 1 saturated heterocycles. The zero-order valence-corrected chi connectivity index (χ0v) is 11.1. The minimum absolute atomic E-state index is 0.127. The predicted molar refractivity (Wildman–Crippen MR) is 70.1 cm³/mol. The summed E-state index contributed by atoms with van der Waals surface area (Å²) in [5.41, 5.74) is 1.95. The van der Waals surface area contributed by atoms with E-state index in [1.54, 1.807) is 12.4 Å². The van der Waals surface area contributed by atoms with Gasteiger partial charge < -0.3 is 20.5 Å². The Kier molecular flexibility index (Phi) is 4.52. The normalized spacial score (nSPS) is 21.4. The Morgan fingerprint density at radius 2 is 2.30 bits per heavy atom. The number of nitrogens with one attached hydrogen (secondary N) is 2. The zero-order valence-electron chi connectivity index (χ0n) is 11.1. The summed E-state index contributed by atoms with van der Waals surface area (Å²) in [6, 6.07) is 0.956. The van der Waals surface area contributed by atoms with Crippen LogP contribution in [0.5, 0.6) is 0 Å². The minimum atomic E-state index is -0.962. The molecule has 2 amide bonds. The number of carboxylic acid groups (broad SMARTS) is 1. The standard InChI is InChI=1S/C13H17N3O4/c1-8-2-3-14-4-9(8)5-15-13(19)16-11-7-20-6-10(11)12(17)18/h2-4,10-11H,5-7H2,1H3,(H,17,18)(H2,15,16,19). The number of aliphatic carboxylic acids is 1. The van der Waals surface area contributed by atoms with Gasteiger partial charge in [-0.3, -0.25) is 9.78 Å². The number of pyridine rings is 1. The number of urea groups is 1. The van der Waals surface area contributed by atoms with Crippen molar-refractivity contribution in [3.8, 4) is 0 Å². The first kappa shape index (κ1) is 14.3. The fourth-order valence-corrected chi connectivity index (χ4v) is 2.02. The van der Waals surface area contributed by atoms with Gasteiger partial charge >= 0.3 is 12.0 Å². The molecular formula is C13H17N3O4. The molecule has 2 unspecified atom stereocenters. The maximum absolute atomic E-state index is 11.8. The lowest BCUT2D eigenvalue weighted by molar-refractivity contribution is -0.142. The molecule has 3 N–H and O–H groups in total. The van der Waals surface area contributed by atoms with E-state index in [2.05, 4.69) is 15.6 Å². The number of ether oxygens (including phenoxy) is 1. The van der Waals surface area contributed by atoms with Crippen LogP contribution in [0.1, 0.15) is 11.1 Å². The molecule has 7 nitrogen and oxygen atoms in total. The van der Waals surface area contributed by atoms with E-state index in [0.29, 0.717) is 6.54 Å². The highest BCUT2D eigenvalue weighted by Gasteiger charge is 2.34. The zero-order chi connectivity index (χ0) is 14.5. The summed E-state index contributed by atoms with van der Waals surface area (Å²) < 4.78 is 5.08. The molecule has 0 bridgehead atoms. The van der Waals surface area contributed by atoms with E-state index in [9.17, 15) is 9.59 Å². The largest absolute Gasteiger partial charge is 0.481 e. The van der Waals surface area contributed by atoms with Crippen molar-refractivity contribution >= 4 is 12.0 Å². The third-order valence-corrected chi connectivity index (χ3v) is 3.30. The first-order chi connectivity index (χ1) is 9.58. The van der Waals surface area contributed by atoms with E-state index in [1.807, 2.05) is 13.0 Å². The Labute approximate surface area is 116 Å². The summed E-state index contributed by atoms with van der Waals surface area (Å²) in [6.07, 6.45) is 3.38. The average molecular weight is 279 g/mol. The Morgan fingerprint density at radius 1 is 1.50 bits per heavy atom. The van der Waals surface area contributed by atoms with Crippen LogP contribution in [0, 0.1) is 12.8 Å². The SMILES string of the molecule is Cc1ccncc1CNC(=O)NC1COCC1C(=O)O. The van der Waals surface area contributed by atoms with Crippen LogP contribution in [0.4, 0.5) is 4.79 Å². The molecule has 7 heteroatoms. The summed E-state index contributed by atoms with van der Waals surface area (Å²) in [5, 5.41) is 14.3. The van der Waals surface area contributed by atoms with Crippen LogP contribution in [0.15, 0.2) is 18.5 Å². The van der Waals surface area contributed by atoms with Gasteiger partial charge in [0.15, 0.2) is 0 Å². The highest BCUT2D eigenvalue weighted by molar-refractivity contribution is 5.77. The Hall–Kier alpha value is -2.15. The van der Waals surface area contributed by atoms with Crippen molar-refractivity contribution in [2.45, 2.75) is 19.5 Å². The van der Waals surface area contributed by atoms with Gasteiger partial charge in [-0.2, -0.15) is 0 Å². The van der Waals surface area contributed by atoms with Crippen LogP contribution in [0.3, 0.4) is 0 Å². The topological polar surface area (TPSA) is 101 Å². The summed E-state index contributed by atoms with van der Waals surface area (Å²) in [4.78, 5) is 26.7. The number of aryl methyl sites for hydroxylation is 1. The third kappa shape index (κ3) is 3.45. The molecular weight excluding hydrogens is 262 g/mol. The number of aromatic nitrogens is 1. The van der Waals surface area contributed by atoms with E-state index in [4.69, 9.17) is 9.84 Å². The highest BCUT2D eigenvalue weighted by Crippen LogP contribution is 2.13. The second kappa shape index (κ2) is 6.33. The molecule has 1 aromatic heterocycles. The third-order valence-electron chi connectivity index (χ3n) is 3.30. The van der Waals surface area contributed by atoms with Gasteiger partial charge in [0.2, 0.25) is 0 Å². The lowest BCUT2D eigenvalue weighted by atomic mass is 10.0. The van der Waals surface area contributed by atoms with Gasteiger partial charge in [0.1, 0.15) is 5.92 Å². The number of carbonyl (C=O) groups is 2. The van der Waals surface area contributed by atoms with E-state index < -0.39 is 24.0 Å². The molecule has 0 saturated carbocycles. The minimum Gasteiger partial charge on any atom is -0.481 e. The van der Waals surface area contributed by atoms with Crippen molar-refractivity contribution in [2.24, 2.45) is 5.92 Å². The Bertz CT molecular complexity index is 506. The van der Waals surface area contributed by atoms with Crippen LogP contribution in [0.2, 0.25) is 0 Å². The Balaban J connectivity index is 1.84. The molecule has 0 aliphatic carbocycles. The molecule has 108 valence electrons. The van der Waals surface area contributed by atoms with Gasteiger partial charge in [0.25, 0.3) is 0 Å². The van der Waals surface area contributed by atoms with Crippen molar-refractivity contribution in [1.82, 2.24) is 15.6 Å². The number of carboxylic acids is 1. The van der Waals surface area contributed by atoms with Crippen LogP contribution in [0.25, 0.3) is 0 Å². The maximum atomic E-state index is 11.8. The van der Waals surface area contributed by atoms with Gasteiger partial charge in [0, 0.05) is 18.9 Å². The van der Waals surface area contributed by atoms with Crippen LogP contribution in [-0.4, -0.2) is 41.3 Å². The number of hydrogen-bond donors (Lipinski definition) is 3. The summed E-state index contributed by atoms with van der Waals surface area (Å²) in [6.45, 7) is 2.62. The molecule has 2 atom stereocenters. The fourth-order valence-electron chi connectivity index (χ4n) is 2.02. The first-order valence-electron chi connectivity index (χ1n) is 6.32. The van der Waals surface area contributed by atoms with Crippen molar-refractivity contribution in [1.29, 1.82) is 0 Å². The monoisotopic (exact) mass is 279 g/mol. The second-order valence-electron chi connectivity index (χ2n) is 4.72. The van der Waals surface area contributed by atoms with Crippen LogP contribution in [-0.2, 0) is 16.1 Å². The highest BCUT2D eigenvalue weighted by atomic mass is 16.5. The number of hydrogen-bond acceptors (Lipinski definition) is 4. The average Bonchev–Trinajstić information content (AvgIpc) is 2.86. The molecule has 2 heterocycles. The van der Waals surface area contributed by atoms with Crippen LogP contribution < -0.4 is 10.6 Å². The van der Waals surface area contributed by atoms with Crippen molar-refractivity contribution < 1.29 is 19.4 Å². The van der Waals surface area contributed by atoms with E-state index in [0.717, 1.165) is 11.1 Å². The summed E-state index contributed by atoms with van der Waals surface area (Å²) in [7, 11) is 0. The predicted octanol–water partition coefficient (Wildman–Crippen LogP) is 0.289. The van der Waals surface area contributed by atoms with Crippen LogP contribution >= 0.6 is 0 Å². The molecule has 0 radical (unpaired) electrons. The first-order valence-corrected chi connectivity index (χ1v) is 6.32. The van der Waals surface area contributed by atoms with Gasteiger partial charge in [-0.25, -0.2) is 4.79 Å². The number of rotatable bonds is 4. The lowest BCUT2D eigenvalue weighted by Gasteiger charge is -2.16. The van der Waals surface area contributed by atoms with E-state index in [1.165, 1.54) is 0 Å². The molecule has 0 spiro atoms. The summed E-state index contributed by atoms with van der Waals surface area (Å²) >= 11 is 0. The molecule has 20 heavy (non-hydrogen) atoms. The smallest absolute Gasteiger partial charge is 0.315 e. The van der Waals surface area contributed by atoms with Gasteiger partial charge in [0.05, 0.1) is 19.3 Å². The van der Waals surface area contributed by atoms with Gasteiger partial charge in [-0.15, -0.1) is 0 Å². The molecule has 2 rings (SSSR count). The quantitative estimate of drug-likeness (QED) is 0.735. The van der Waals surface area contributed by atoms with Gasteiger partial charge in [-0.05, 0) is 24.1 Å². The molecule has 0 aromatic carbocycles. The molecule has 1 aliphatic heterocycles. The molecule has 1 fully saturated rings. The van der Waals surface area contributed by atoms with Crippen molar-refractivity contribution in [3.63, 3.8) is 0 Å². The Morgan fingerprint density at radius 3 is 3.00 bits per heavy atom. The van der Waals surface area contributed by atoms with Crippen molar-refractivity contribution in [2.75, 3.05) is 13.2 Å². The lowest BCUT2D eigenvalue weighted by Crippen LogP contribution is -2.47. The molecule has 1 aliphatic rings. The van der Waals surface area contributed by atoms with E-state index >= 15 is 0 Å². The van der Waals surface area contributed by atoms with Gasteiger partial charge in [-0.1, -0.05) is 0 Å². The number of carbonyl (C=O) groups excluding carboxylic acids is 1.